The minimum absolute atomic E-state index is 0.117. The van der Waals surface area contributed by atoms with Gasteiger partial charge in [-0.1, -0.05) is 38.1 Å². The molecule has 3 heteroatoms. The van der Waals surface area contributed by atoms with Crippen LogP contribution in [0, 0.1) is 5.41 Å². The second-order valence-corrected chi connectivity index (χ2v) is 5.71. The Bertz CT molecular complexity index is 454. The fourth-order valence-electron chi connectivity index (χ4n) is 2.80. The van der Waals surface area contributed by atoms with Crippen molar-refractivity contribution in [3.8, 4) is 0 Å². The van der Waals surface area contributed by atoms with Crippen molar-refractivity contribution in [2.24, 2.45) is 5.41 Å². The second kappa shape index (κ2) is 4.73. The summed E-state index contributed by atoms with van der Waals surface area (Å²) in [5.41, 5.74) is 2.79. The van der Waals surface area contributed by atoms with Crippen LogP contribution in [0.4, 0.5) is 0 Å². The van der Waals surface area contributed by atoms with Crippen molar-refractivity contribution in [1.29, 1.82) is 0 Å². The average Bonchev–Trinajstić information content (AvgIpc) is 2.59. The summed E-state index contributed by atoms with van der Waals surface area (Å²) in [5, 5.41) is 3.40. The quantitative estimate of drug-likeness (QED) is 0.834. The Morgan fingerprint density at radius 2 is 2.11 bits per heavy atom. The van der Waals surface area contributed by atoms with Crippen LogP contribution >= 0.6 is 0 Å². The van der Waals surface area contributed by atoms with Crippen molar-refractivity contribution >= 4 is 5.97 Å². The van der Waals surface area contributed by atoms with Gasteiger partial charge >= 0.3 is 5.97 Å². The molecule has 0 heterocycles. The smallest absolute Gasteiger partial charge is 0.322 e. The summed E-state index contributed by atoms with van der Waals surface area (Å²) in [6.45, 7) is 6.31. The van der Waals surface area contributed by atoms with Crippen molar-refractivity contribution < 1.29 is 9.53 Å². The monoisotopic (exact) mass is 247 g/mol. The first kappa shape index (κ1) is 13.1. The molecule has 1 unspecified atom stereocenters. The molecule has 0 aromatic heterocycles. The van der Waals surface area contributed by atoms with Gasteiger partial charge in [0.2, 0.25) is 0 Å². The fourth-order valence-corrected chi connectivity index (χ4v) is 2.80. The van der Waals surface area contributed by atoms with E-state index in [9.17, 15) is 4.79 Å². The van der Waals surface area contributed by atoms with Gasteiger partial charge in [0, 0.05) is 6.04 Å². The van der Waals surface area contributed by atoms with E-state index in [1.165, 1.54) is 18.2 Å². The molecular weight excluding hydrogens is 226 g/mol. The lowest BCUT2D eigenvalue weighted by Crippen LogP contribution is -2.41. The van der Waals surface area contributed by atoms with Gasteiger partial charge in [-0.25, -0.2) is 0 Å². The van der Waals surface area contributed by atoms with Gasteiger partial charge in [-0.05, 0) is 29.9 Å². The molecule has 0 saturated heterocycles. The number of esters is 1. The number of rotatable bonds is 3. The van der Waals surface area contributed by atoms with Crippen LogP contribution in [0.15, 0.2) is 24.3 Å². The number of carbonyl (C=O) groups excluding carboxylic acids is 1. The SMILES string of the molecule is COC(=O)[C@H](C)NC1c2ccccc2CC1(C)C. The molecule has 0 saturated carbocycles. The normalized spacial score (nSPS) is 22.3. The minimum Gasteiger partial charge on any atom is -0.468 e. The predicted molar refractivity (Wildman–Crippen MR) is 71.3 cm³/mol. The van der Waals surface area contributed by atoms with Crippen LogP contribution in [0.1, 0.15) is 37.9 Å². The van der Waals surface area contributed by atoms with Crippen LogP contribution in [0.25, 0.3) is 0 Å². The molecule has 98 valence electrons. The molecule has 1 N–H and O–H groups in total. The number of carbonyl (C=O) groups is 1. The van der Waals surface area contributed by atoms with Crippen molar-refractivity contribution in [2.45, 2.75) is 39.3 Å². The third-order valence-electron chi connectivity index (χ3n) is 3.77. The van der Waals surface area contributed by atoms with E-state index in [2.05, 4.69) is 43.4 Å². The molecule has 0 radical (unpaired) electrons. The van der Waals surface area contributed by atoms with E-state index in [1.807, 2.05) is 6.92 Å². The van der Waals surface area contributed by atoms with E-state index in [0.717, 1.165) is 6.42 Å². The van der Waals surface area contributed by atoms with Crippen LogP contribution in [0.3, 0.4) is 0 Å². The number of hydrogen-bond acceptors (Lipinski definition) is 3. The zero-order chi connectivity index (χ0) is 13.3. The Balaban J connectivity index is 2.23. The number of hydrogen-bond donors (Lipinski definition) is 1. The van der Waals surface area contributed by atoms with Gasteiger partial charge in [0.15, 0.2) is 0 Å². The van der Waals surface area contributed by atoms with Crippen LogP contribution in [0.5, 0.6) is 0 Å². The summed E-state index contributed by atoms with van der Waals surface area (Å²) in [6, 6.07) is 8.35. The van der Waals surface area contributed by atoms with Gasteiger partial charge < -0.3 is 4.74 Å². The Labute approximate surface area is 109 Å². The van der Waals surface area contributed by atoms with Crippen molar-refractivity contribution in [3.05, 3.63) is 35.4 Å². The Kier molecular flexibility index (Phi) is 3.44. The predicted octanol–water partition coefficient (Wildman–Crippen LogP) is 2.46. The lowest BCUT2D eigenvalue weighted by molar-refractivity contribution is -0.143. The highest BCUT2D eigenvalue weighted by Crippen LogP contribution is 2.45. The maximum Gasteiger partial charge on any atom is 0.322 e. The van der Waals surface area contributed by atoms with E-state index >= 15 is 0 Å². The Morgan fingerprint density at radius 1 is 1.44 bits per heavy atom. The zero-order valence-electron chi connectivity index (χ0n) is 11.5. The van der Waals surface area contributed by atoms with E-state index in [-0.39, 0.29) is 23.5 Å². The van der Waals surface area contributed by atoms with E-state index < -0.39 is 0 Å². The van der Waals surface area contributed by atoms with Crippen LogP contribution in [-0.4, -0.2) is 19.1 Å². The molecule has 0 amide bonds. The molecule has 2 atom stereocenters. The minimum atomic E-state index is -0.287. The molecule has 1 aliphatic rings. The molecule has 0 spiro atoms. The van der Waals surface area contributed by atoms with E-state index in [4.69, 9.17) is 4.74 Å². The first-order valence-electron chi connectivity index (χ1n) is 6.37. The second-order valence-electron chi connectivity index (χ2n) is 5.71. The van der Waals surface area contributed by atoms with Gasteiger partial charge in [-0.3, -0.25) is 10.1 Å². The van der Waals surface area contributed by atoms with Gasteiger partial charge in [0.25, 0.3) is 0 Å². The first-order valence-corrected chi connectivity index (χ1v) is 6.37. The molecule has 1 aromatic rings. The number of nitrogens with one attached hydrogen (secondary N) is 1. The highest BCUT2D eigenvalue weighted by Gasteiger charge is 2.39. The first-order chi connectivity index (χ1) is 8.45. The Morgan fingerprint density at radius 3 is 2.78 bits per heavy atom. The molecule has 1 aromatic carbocycles. The third-order valence-corrected chi connectivity index (χ3v) is 3.77. The summed E-state index contributed by atoms with van der Waals surface area (Å²) in [7, 11) is 1.42. The summed E-state index contributed by atoms with van der Waals surface area (Å²) < 4.78 is 4.78. The van der Waals surface area contributed by atoms with Crippen LogP contribution in [0.2, 0.25) is 0 Å². The third kappa shape index (κ3) is 2.27. The van der Waals surface area contributed by atoms with Crippen molar-refractivity contribution in [2.75, 3.05) is 7.11 Å². The number of ether oxygens (including phenoxy) is 1. The molecule has 3 nitrogen and oxygen atoms in total. The topological polar surface area (TPSA) is 38.3 Å². The largest absolute Gasteiger partial charge is 0.468 e. The summed E-state index contributed by atoms with van der Waals surface area (Å²) in [4.78, 5) is 11.5. The number of methoxy groups -OCH3 is 1. The highest BCUT2D eigenvalue weighted by molar-refractivity contribution is 5.75. The van der Waals surface area contributed by atoms with Gasteiger partial charge in [-0.15, -0.1) is 0 Å². The molecule has 0 fully saturated rings. The van der Waals surface area contributed by atoms with E-state index in [1.54, 1.807) is 0 Å². The number of benzene rings is 1. The maximum absolute atomic E-state index is 11.5. The van der Waals surface area contributed by atoms with Crippen LogP contribution in [-0.2, 0) is 16.0 Å². The van der Waals surface area contributed by atoms with Crippen molar-refractivity contribution in [3.63, 3.8) is 0 Å². The van der Waals surface area contributed by atoms with Gasteiger partial charge in [0.1, 0.15) is 6.04 Å². The fraction of sp³-hybridized carbons (Fsp3) is 0.533. The summed E-state index contributed by atoms with van der Waals surface area (Å²) in [5.74, 6) is -0.213. The van der Waals surface area contributed by atoms with Crippen molar-refractivity contribution in [1.82, 2.24) is 5.32 Å². The lowest BCUT2D eigenvalue weighted by atomic mass is 9.85. The summed E-state index contributed by atoms with van der Waals surface area (Å²) in [6.07, 6.45) is 1.04. The molecule has 1 aliphatic carbocycles. The standard InChI is InChI=1S/C15H21NO2/c1-10(14(17)18-4)16-13-12-8-6-5-7-11(12)9-15(13,2)3/h5-8,10,13,16H,9H2,1-4H3/t10-,13?/m0/s1. The molecule has 2 rings (SSSR count). The molecular formula is C15H21NO2. The van der Waals surface area contributed by atoms with Crippen LogP contribution < -0.4 is 5.32 Å². The molecule has 0 aliphatic heterocycles. The highest BCUT2D eigenvalue weighted by atomic mass is 16.5. The lowest BCUT2D eigenvalue weighted by Gasteiger charge is -2.30. The Hall–Kier alpha value is -1.35. The zero-order valence-corrected chi connectivity index (χ0v) is 11.5. The number of fused-ring (bicyclic) bond motifs is 1. The maximum atomic E-state index is 11.5. The van der Waals surface area contributed by atoms with Gasteiger partial charge in [-0.2, -0.15) is 0 Å². The summed E-state index contributed by atoms with van der Waals surface area (Å²) >= 11 is 0. The molecule has 18 heavy (non-hydrogen) atoms. The average molecular weight is 247 g/mol. The van der Waals surface area contributed by atoms with Gasteiger partial charge in [0.05, 0.1) is 7.11 Å². The van der Waals surface area contributed by atoms with E-state index in [0.29, 0.717) is 0 Å². The molecule has 0 bridgehead atoms.